The van der Waals surface area contributed by atoms with Crippen LogP contribution in [0.1, 0.15) is 11.3 Å². The number of hydrogen-bond acceptors (Lipinski definition) is 5. The first-order chi connectivity index (χ1) is 8.59. The summed E-state index contributed by atoms with van der Waals surface area (Å²) >= 11 is 1.58. The first kappa shape index (κ1) is 11.0. The molecule has 0 radical (unpaired) electrons. The summed E-state index contributed by atoms with van der Waals surface area (Å²) in [6.07, 6.45) is 0. The quantitative estimate of drug-likeness (QED) is 0.655. The maximum Gasteiger partial charge on any atom is 0.173 e. The zero-order valence-electron chi connectivity index (χ0n) is 10.1. The molecule has 0 unspecified atom stereocenters. The van der Waals surface area contributed by atoms with Gasteiger partial charge in [0, 0.05) is 5.69 Å². The van der Waals surface area contributed by atoms with E-state index in [4.69, 9.17) is 11.6 Å². The van der Waals surface area contributed by atoms with Gasteiger partial charge in [-0.15, -0.1) is 11.3 Å². The molecule has 3 heterocycles. The molecule has 0 bridgehead atoms. The van der Waals surface area contributed by atoms with Crippen LogP contribution in [0.25, 0.3) is 21.7 Å². The number of aromatic nitrogens is 3. The molecule has 18 heavy (non-hydrogen) atoms. The molecule has 92 valence electrons. The molecular formula is C12H13N5S. The lowest BCUT2D eigenvalue weighted by Crippen LogP contribution is -2.11. The molecule has 3 rings (SSSR count). The highest BCUT2D eigenvalue weighted by atomic mass is 32.1. The third kappa shape index (κ3) is 1.39. The summed E-state index contributed by atoms with van der Waals surface area (Å²) in [5, 5.41) is 2.83. The largest absolute Gasteiger partial charge is 0.383 e. The van der Waals surface area contributed by atoms with Gasteiger partial charge in [0.15, 0.2) is 11.5 Å². The Balaban J connectivity index is 2.38. The standard InChI is InChI=1S/C12H13N5S/c1-6-7(2)17(14)12-9(6)10(13)15-11(16-12)8-4-3-5-18-8/h3-5H,14H2,1-2H3,(H2,13,15,16). The van der Waals surface area contributed by atoms with E-state index in [0.717, 1.165) is 21.5 Å². The molecule has 0 saturated carbocycles. The number of hydrogen-bond donors (Lipinski definition) is 2. The zero-order valence-corrected chi connectivity index (χ0v) is 11.0. The fraction of sp³-hybridized carbons (Fsp3) is 0.167. The Hall–Kier alpha value is -2.08. The molecule has 0 fully saturated rings. The number of fused-ring (bicyclic) bond motifs is 1. The minimum Gasteiger partial charge on any atom is -0.383 e. The van der Waals surface area contributed by atoms with Crippen LogP contribution < -0.4 is 11.6 Å². The second-order valence-corrected chi connectivity index (χ2v) is 5.14. The molecule has 0 atom stereocenters. The molecule has 6 heteroatoms. The van der Waals surface area contributed by atoms with Crippen molar-refractivity contribution in [2.75, 3.05) is 11.6 Å². The van der Waals surface area contributed by atoms with Crippen LogP contribution in [0.15, 0.2) is 17.5 Å². The molecule has 0 saturated heterocycles. The van der Waals surface area contributed by atoms with E-state index in [0.29, 0.717) is 17.3 Å². The predicted molar refractivity (Wildman–Crippen MR) is 74.9 cm³/mol. The van der Waals surface area contributed by atoms with Gasteiger partial charge in [-0.1, -0.05) is 6.07 Å². The van der Waals surface area contributed by atoms with Gasteiger partial charge in [-0.25, -0.2) is 14.6 Å². The smallest absolute Gasteiger partial charge is 0.173 e. The highest BCUT2D eigenvalue weighted by Crippen LogP contribution is 2.29. The summed E-state index contributed by atoms with van der Waals surface area (Å²) < 4.78 is 1.57. The van der Waals surface area contributed by atoms with Crippen molar-refractivity contribution in [3.8, 4) is 10.7 Å². The summed E-state index contributed by atoms with van der Waals surface area (Å²) in [5.74, 6) is 7.11. The van der Waals surface area contributed by atoms with Crippen LogP contribution in [0.5, 0.6) is 0 Å². The van der Waals surface area contributed by atoms with Crippen molar-refractivity contribution in [2.24, 2.45) is 0 Å². The zero-order chi connectivity index (χ0) is 12.9. The second kappa shape index (κ2) is 3.71. The Kier molecular flexibility index (Phi) is 2.27. The molecule has 0 aliphatic heterocycles. The molecular weight excluding hydrogens is 246 g/mol. The molecule has 0 spiro atoms. The Bertz CT molecular complexity index is 727. The number of anilines is 1. The maximum absolute atomic E-state index is 6.03. The third-order valence-electron chi connectivity index (χ3n) is 3.17. The topological polar surface area (TPSA) is 82.8 Å². The number of nitrogens with two attached hydrogens (primary N) is 2. The number of nitrogens with zero attached hydrogens (tertiary/aromatic N) is 3. The lowest BCUT2D eigenvalue weighted by molar-refractivity contribution is 0.968. The Morgan fingerprint density at radius 1 is 1.28 bits per heavy atom. The molecule has 0 aliphatic rings. The summed E-state index contributed by atoms with van der Waals surface area (Å²) in [7, 11) is 0. The van der Waals surface area contributed by atoms with Crippen molar-refractivity contribution in [1.82, 2.24) is 14.6 Å². The Morgan fingerprint density at radius 3 is 2.72 bits per heavy atom. The van der Waals surface area contributed by atoms with Crippen LogP contribution in [-0.4, -0.2) is 14.6 Å². The van der Waals surface area contributed by atoms with E-state index in [9.17, 15) is 0 Å². The Morgan fingerprint density at radius 2 is 2.06 bits per heavy atom. The van der Waals surface area contributed by atoms with Crippen molar-refractivity contribution in [3.63, 3.8) is 0 Å². The van der Waals surface area contributed by atoms with Gasteiger partial charge in [0.25, 0.3) is 0 Å². The number of thiophene rings is 1. The minimum absolute atomic E-state index is 0.480. The number of nitrogen functional groups attached to an aromatic ring is 2. The van der Waals surface area contributed by atoms with E-state index in [1.807, 2.05) is 31.4 Å². The highest BCUT2D eigenvalue weighted by Gasteiger charge is 2.16. The summed E-state index contributed by atoms with van der Waals surface area (Å²) in [6, 6.07) is 3.93. The first-order valence-electron chi connectivity index (χ1n) is 5.53. The van der Waals surface area contributed by atoms with Gasteiger partial charge in [0.1, 0.15) is 5.82 Å². The summed E-state index contributed by atoms with van der Waals surface area (Å²) in [4.78, 5) is 9.87. The van der Waals surface area contributed by atoms with Crippen LogP contribution in [-0.2, 0) is 0 Å². The first-order valence-corrected chi connectivity index (χ1v) is 6.41. The molecule has 5 nitrogen and oxygen atoms in total. The van der Waals surface area contributed by atoms with Crippen molar-refractivity contribution in [3.05, 3.63) is 28.8 Å². The monoisotopic (exact) mass is 259 g/mol. The van der Waals surface area contributed by atoms with E-state index < -0.39 is 0 Å². The Labute approximate surface area is 108 Å². The molecule has 3 aromatic heterocycles. The summed E-state index contributed by atoms with van der Waals surface area (Å²) in [5.41, 5.74) is 8.70. The SMILES string of the molecule is Cc1c(C)n(N)c2nc(-c3cccs3)nc(N)c12. The normalized spacial score (nSPS) is 11.2. The van der Waals surface area contributed by atoms with Crippen molar-refractivity contribution in [1.29, 1.82) is 0 Å². The van der Waals surface area contributed by atoms with Gasteiger partial charge in [-0.2, -0.15) is 0 Å². The van der Waals surface area contributed by atoms with E-state index in [2.05, 4.69) is 9.97 Å². The van der Waals surface area contributed by atoms with E-state index in [-0.39, 0.29) is 0 Å². The second-order valence-electron chi connectivity index (χ2n) is 4.19. The molecule has 0 aliphatic carbocycles. The van der Waals surface area contributed by atoms with E-state index in [1.54, 1.807) is 16.0 Å². The fourth-order valence-electron chi connectivity index (χ4n) is 2.04. The molecule has 4 N–H and O–H groups in total. The van der Waals surface area contributed by atoms with Gasteiger partial charge in [-0.05, 0) is 30.9 Å². The van der Waals surface area contributed by atoms with E-state index in [1.165, 1.54) is 0 Å². The van der Waals surface area contributed by atoms with Gasteiger partial charge in [0.2, 0.25) is 0 Å². The van der Waals surface area contributed by atoms with Crippen molar-refractivity contribution < 1.29 is 0 Å². The van der Waals surface area contributed by atoms with Crippen LogP contribution in [0.4, 0.5) is 5.82 Å². The van der Waals surface area contributed by atoms with Gasteiger partial charge >= 0.3 is 0 Å². The highest BCUT2D eigenvalue weighted by molar-refractivity contribution is 7.13. The average molecular weight is 259 g/mol. The number of rotatable bonds is 1. The third-order valence-corrected chi connectivity index (χ3v) is 4.03. The lowest BCUT2D eigenvalue weighted by Gasteiger charge is -2.02. The van der Waals surface area contributed by atoms with Gasteiger partial charge in [-0.3, -0.25) is 0 Å². The van der Waals surface area contributed by atoms with E-state index >= 15 is 0 Å². The molecule has 3 aromatic rings. The predicted octanol–water partition coefficient (Wildman–Crippen LogP) is 2.07. The maximum atomic E-state index is 6.03. The van der Waals surface area contributed by atoms with Crippen molar-refractivity contribution in [2.45, 2.75) is 13.8 Å². The van der Waals surface area contributed by atoms with Crippen LogP contribution in [0.3, 0.4) is 0 Å². The van der Waals surface area contributed by atoms with Crippen molar-refractivity contribution >= 4 is 28.2 Å². The minimum atomic E-state index is 0.480. The van der Waals surface area contributed by atoms with Crippen LogP contribution in [0, 0.1) is 13.8 Å². The summed E-state index contributed by atoms with van der Waals surface area (Å²) in [6.45, 7) is 3.92. The van der Waals surface area contributed by atoms with Gasteiger partial charge in [0.05, 0.1) is 10.3 Å². The van der Waals surface area contributed by atoms with Crippen LogP contribution in [0.2, 0.25) is 0 Å². The lowest BCUT2D eigenvalue weighted by atomic mass is 10.2. The molecule has 0 amide bonds. The van der Waals surface area contributed by atoms with Crippen LogP contribution >= 0.6 is 11.3 Å². The average Bonchev–Trinajstić information content (AvgIpc) is 2.94. The number of aryl methyl sites for hydroxylation is 1. The molecule has 0 aromatic carbocycles. The van der Waals surface area contributed by atoms with Gasteiger partial charge < -0.3 is 11.6 Å². The fourth-order valence-corrected chi connectivity index (χ4v) is 2.69.